The van der Waals surface area contributed by atoms with E-state index in [1.165, 1.54) is 12.1 Å². The van der Waals surface area contributed by atoms with E-state index in [9.17, 15) is 9.18 Å². The van der Waals surface area contributed by atoms with E-state index < -0.39 is 5.72 Å². The predicted molar refractivity (Wildman–Crippen MR) is 90.5 cm³/mol. The third-order valence-corrected chi connectivity index (χ3v) is 5.99. The number of amides is 1. The van der Waals surface area contributed by atoms with Crippen LogP contribution in [0.1, 0.15) is 32.3 Å². The Balaban J connectivity index is 1.59. The highest BCUT2D eigenvalue weighted by atomic mass is 19.1. The average Bonchev–Trinajstić information content (AvgIpc) is 3.19. The summed E-state index contributed by atoms with van der Waals surface area (Å²) < 4.78 is 25.0. The lowest BCUT2D eigenvalue weighted by Crippen LogP contribution is -2.50. The first-order valence-corrected chi connectivity index (χ1v) is 8.99. The van der Waals surface area contributed by atoms with E-state index in [4.69, 9.17) is 9.47 Å². The van der Waals surface area contributed by atoms with Gasteiger partial charge in [-0.05, 0) is 12.0 Å². The van der Waals surface area contributed by atoms with Crippen LogP contribution in [0.3, 0.4) is 0 Å². The van der Waals surface area contributed by atoms with Gasteiger partial charge < -0.3 is 14.4 Å². The van der Waals surface area contributed by atoms with Crippen LogP contribution in [0, 0.1) is 11.7 Å². The van der Waals surface area contributed by atoms with Gasteiger partial charge >= 0.3 is 0 Å². The van der Waals surface area contributed by atoms with E-state index in [1.54, 1.807) is 13.2 Å². The lowest BCUT2D eigenvalue weighted by atomic mass is 10.0. The first kappa shape index (κ1) is 16.8. The highest BCUT2D eigenvalue weighted by Gasteiger charge is 2.64. The molecule has 5 nitrogen and oxygen atoms in total. The molecule has 136 valence electrons. The Morgan fingerprint density at radius 1 is 1.44 bits per heavy atom. The number of hydrogen-bond acceptors (Lipinski definition) is 4. The van der Waals surface area contributed by atoms with E-state index in [0.29, 0.717) is 31.2 Å². The van der Waals surface area contributed by atoms with Gasteiger partial charge in [-0.1, -0.05) is 19.9 Å². The number of carbonyl (C=O) groups excluding carboxylic acids is 1. The zero-order valence-corrected chi connectivity index (χ0v) is 15.0. The number of hydrogen-bond donors (Lipinski definition) is 0. The molecule has 25 heavy (non-hydrogen) atoms. The summed E-state index contributed by atoms with van der Waals surface area (Å²) in [5, 5.41) is 0. The van der Waals surface area contributed by atoms with Gasteiger partial charge in [-0.15, -0.1) is 0 Å². The van der Waals surface area contributed by atoms with Crippen LogP contribution in [-0.2, 0) is 16.1 Å². The summed E-state index contributed by atoms with van der Waals surface area (Å²) in [6.45, 7) is 6.40. The number of halogens is 1. The Morgan fingerprint density at radius 2 is 2.24 bits per heavy atom. The highest BCUT2D eigenvalue weighted by Crippen LogP contribution is 2.49. The van der Waals surface area contributed by atoms with Crippen molar-refractivity contribution < 1.29 is 18.7 Å². The predicted octanol–water partition coefficient (Wildman–Crippen LogP) is 2.39. The summed E-state index contributed by atoms with van der Waals surface area (Å²) in [6, 6.07) is 4.85. The molecular formula is C19H25FN2O3. The molecule has 4 rings (SSSR count). The van der Waals surface area contributed by atoms with Crippen LogP contribution in [0.2, 0.25) is 0 Å². The Morgan fingerprint density at radius 3 is 2.96 bits per heavy atom. The molecule has 1 amide bonds. The van der Waals surface area contributed by atoms with Crippen LogP contribution in [0.15, 0.2) is 18.2 Å². The number of carbonyl (C=O) groups is 1. The molecule has 3 saturated heterocycles. The molecule has 3 fully saturated rings. The summed E-state index contributed by atoms with van der Waals surface area (Å²) >= 11 is 0. The van der Waals surface area contributed by atoms with Gasteiger partial charge in [0.25, 0.3) is 0 Å². The molecule has 1 aromatic rings. The van der Waals surface area contributed by atoms with Crippen molar-refractivity contribution in [1.29, 1.82) is 0 Å². The second-order valence-corrected chi connectivity index (χ2v) is 7.63. The summed E-state index contributed by atoms with van der Waals surface area (Å²) in [5.74, 6) is 0.819. The van der Waals surface area contributed by atoms with E-state index in [-0.39, 0.29) is 23.8 Å². The Kier molecular flexibility index (Phi) is 4.00. The molecule has 3 heterocycles. The van der Waals surface area contributed by atoms with E-state index in [2.05, 4.69) is 18.7 Å². The van der Waals surface area contributed by atoms with Crippen molar-refractivity contribution in [3.8, 4) is 5.75 Å². The molecule has 0 radical (unpaired) electrons. The smallest absolute Gasteiger partial charge is 0.226 e. The zero-order valence-electron chi connectivity index (χ0n) is 15.0. The molecule has 0 aromatic heterocycles. The number of rotatable bonds is 4. The fourth-order valence-corrected chi connectivity index (χ4v) is 4.71. The van der Waals surface area contributed by atoms with Crippen molar-refractivity contribution >= 4 is 5.91 Å². The Hall–Kier alpha value is -1.66. The summed E-state index contributed by atoms with van der Waals surface area (Å²) in [6.07, 6.45) is 1.32. The molecule has 0 saturated carbocycles. The standard InChI is InChI=1S/C19H25FN2O3/c1-12(2)15-11-25-19-6-7-21(17(19)9-18(23)22(15)19)10-13-4-5-14(20)8-16(13)24-3/h4-5,8,12,15,17H,6-7,9-11H2,1-3H3/t15-,17+,19-/m0/s1. The topological polar surface area (TPSA) is 42.0 Å². The van der Waals surface area contributed by atoms with Gasteiger partial charge in [-0.2, -0.15) is 0 Å². The van der Waals surface area contributed by atoms with Gasteiger partial charge in [0.05, 0.1) is 25.8 Å². The normalized spacial score (nSPS) is 31.7. The summed E-state index contributed by atoms with van der Waals surface area (Å²) in [4.78, 5) is 17.0. The molecule has 3 aliphatic heterocycles. The maximum absolute atomic E-state index is 13.4. The summed E-state index contributed by atoms with van der Waals surface area (Å²) in [7, 11) is 1.55. The molecule has 6 heteroatoms. The van der Waals surface area contributed by atoms with Crippen LogP contribution >= 0.6 is 0 Å². The lowest BCUT2D eigenvalue weighted by Gasteiger charge is -2.34. The van der Waals surface area contributed by atoms with E-state index in [1.807, 2.05) is 4.90 Å². The Labute approximate surface area is 147 Å². The molecule has 1 spiro atoms. The molecular weight excluding hydrogens is 323 g/mol. The van der Waals surface area contributed by atoms with Gasteiger partial charge in [0.15, 0.2) is 5.72 Å². The fourth-order valence-electron chi connectivity index (χ4n) is 4.71. The number of likely N-dealkylation sites (tertiary alicyclic amines) is 1. The van der Waals surface area contributed by atoms with Gasteiger partial charge in [-0.25, -0.2) is 4.39 Å². The number of ether oxygens (including phenoxy) is 2. The first-order valence-electron chi connectivity index (χ1n) is 8.99. The van der Waals surface area contributed by atoms with Crippen LogP contribution in [0.25, 0.3) is 0 Å². The minimum atomic E-state index is -0.473. The van der Waals surface area contributed by atoms with Crippen molar-refractivity contribution in [3.63, 3.8) is 0 Å². The second-order valence-electron chi connectivity index (χ2n) is 7.63. The largest absolute Gasteiger partial charge is 0.496 e. The lowest BCUT2D eigenvalue weighted by molar-refractivity contribution is -0.139. The quantitative estimate of drug-likeness (QED) is 0.838. The highest BCUT2D eigenvalue weighted by molar-refractivity contribution is 5.82. The van der Waals surface area contributed by atoms with Crippen molar-refractivity contribution in [3.05, 3.63) is 29.6 Å². The maximum Gasteiger partial charge on any atom is 0.226 e. The van der Waals surface area contributed by atoms with Crippen LogP contribution in [0.5, 0.6) is 5.75 Å². The molecule has 1 aromatic carbocycles. The first-order chi connectivity index (χ1) is 12.0. The SMILES string of the molecule is COc1cc(F)ccc1CN1CC[C@@]23OC[C@@H](C(C)C)N2C(=O)C[C@@H]13. The van der Waals surface area contributed by atoms with Crippen molar-refractivity contribution in [2.75, 3.05) is 20.3 Å². The Bertz CT molecular complexity index is 695. The molecule has 0 aliphatic carbocycles. The van der Waals surface area contributed by atoms with Crippen LogP contribution in [-0.4, -0.2) is 53.8 Å². The third-order valence-electron chi connectivity index (χ3n) is 5.99. The maximum atomic E-state index is 13.4. The average molecular weight is 348 g/mol. The van der Waals surface area contributed by atoms with E-state index in [0.717, 1.165) is 18.5 Å². The minimum absolute atomic E-state index is 0.0542. The van der Waals surface area contributed by atoms with Gasteiger partial charge in [-0.3, -0.25) is 9.69 Å². The van der Waals surface area contributed by atoms with Gasteiger partial charge in [0.1, 0.15) is 11.6 Å². The van der Waals surface area contributed by atoms with Crippen LogP contribution < -0.4 is 4.74 Å². The summed E-state index contributed by atoms with van der Waals surface area (Å²) in [5.41, 5.74) is 0.462. The van der Waals surface area contributed by atoms with Gasteiger partial charge in [0.2, 0.25) is 5.91 Å². The third kappa shape index (κ3) is 2.46. The fraction of sp³-hybridized carbons (Fsp3) is 0.632. The monoisotopic (exact) mass is 348 g/mol. The number of benzene rings is 1. The second kappa shape index (κ2) is 5.95. The zero-order chi connectivity index (χ0) is 17.8. The van der Waals surface area contributed by atoms with Gasteiger partial charge in [0, 0.05) is 37.6 Å². The molecule has 0 unspecified atom stereocenters. The minimum Gasteiger partial charge on any atom is -0.496 e. The van der Waals surface area contributed by atoms with Crippen LogP contribution in [0.4, 0.5) is 4.39 Å². The van der Waals surface area contributed by atoms with Crippen molar-refractivity contribution in [2.45, 2.75) is 51.0 Å². The molecule has 3 aliphatic rings. The van der Waals surface area contributed by atoms with E-state index >= 15 is 0 Å². The molecule has 0 bridgehead atoms. The molecule has 3 atom stereocenters. The van der Waals surface area contributed by atoms with Crippen molar-refractivity contribution in [1.82, 2.24) is 9.80 Å². The van der Waals surface area contributed by atoms with Crippen molar-refractivity contribution in [2.24, 2.45) is 5.92 Å². The number of methoxy groups -OCH3 is 1. The molecule has 0 N–H and O–H groups in total. The number of nitrogens with zero attached hydrogens (tertiary/aromatic N) is 2.